The second-order valence-corrected chi connectivity index (χ2v) is 5.42. The predicted octanol–water partition coefficient (Wildman–Crippen LogP) is 3.04. The Kier molecular flexibility index (Phi) is 3.68. The van der Waals surface area contributed by atoms with E-state index in [2.05, 4.69) is 30.2 Å². The first-order chi connectivity index (χ1) is 12.6. The third-order valence-electron chi connectivity index (χ3n) is 3.87. The molecule has 0 atom stereocenters. The molecule has 9 heteroatoms. The highest BCUT2D eigenvalue weighted by Gasteiger charge is 2.24. The van der Waals surface area contributed by atoms with Crippen LogP contribution in [0.3, 0.4) is 0 Å². The number of benzene rings is 1. The summed E-state index contributed by atoms with van der Waals surface area (Å²) in [5, 5.41) is 9.61. The number of methoxy groups -OCH3 is 1. The van der Waals surface area contributed by atoms with Crippen LogP contribution in [0, 0.1) is 11.6 Å². The lowest BCUT2D eigenvalue weighted by molar-refractivity contribution is 0.0594. The smallest absolute Gasteiger partial charge is 0.356 e. The number of nitrogens with one attached hydrogen (secondary N) is 2. The van der Waals surface area contributed by atoms with E-state index in [-0.39, 0.29) is 17.1 Å². The first kappa shape index (κ1) is 15.9. The van der Waals surface area contributed by atoms with Crippen LogP contribution in [0.1, 0.15) is 16.1 Å². The van der Waals surface area contributed by atoms with Crippen molar-refractivity contribution >= 4 is 23.2 Å². The Labute approximate surface area is 145 Å². The van der Waals surface area contributed by atoms with Crippen LogP contribution in [-0.2, 0) is 4.74 Å². The molecule has 0 aliphatic carbocycles. The van der Waals surface area contributed by atoms with Gasteiger partial charge in [-0.15, -0.1) is 0 Å². The molecule has 0 fully saturated rings. The molecule has 0 spiro atoms. The van der Waals surface area contributed by atoms with E-state index in [1.807, 2.05) is 0 Å². The summed E-state index contributed by atoms with van der Waals surface area (Å²) in [5.74, 6) is -2.17. The Morgan fingerprint density at radius 2 is 1.96 bits per heavy atom. The van der Waals surface area contributed by atoms with Crippen molar-refractivity contribution in [1.29, 1.82) is 0 Å². The minimum Gasteiger partial charge on any atom is -0.464 e. The number of carbonyl (C=O) groups is 1. The lowest BCUT2D eigenvalue weighted by atomic mass is 10.1. The molecule has 0 bridgehead atoms. The molecule has 1 aliphatic rings. The van der Waals surface area contributed by atoms with Crippen molar-refractivity contribution in [2.75, 3.05) is 12.4 Å². The van der Waals surface area contributed by atoms with Crippen molar-refractivity contribution in [2.24, 2.45) is 4.99 Å². The molecule has 0 amide bonds. The van der Waals surface area contributed by atoms with Crippen LogP contribution in [0.5, 0.6) is 0 Å². The normalized spacial score (nSPS) is 12.3. The van der Waals surface area contributed by atoms with E-state index < -0.39 is 17.6 Å². The van der Waals surface area contributed by atoms with Gasteiger partial charge in [0.15, 0.2) is 0 Å². The highest BCUT2D eigenvalue weighted by molar-refractivity contribution is 6.13. The number of anilines is 1. The molecule has 7 nitrogen and oxygen atoms in total. The number of esters is 1. The summed E-state index contributed by atoms with van der Waals surface area (Å²) in [5.41, 5.74) is 1.53. The molecular weight excluding hydrogens is 344 g/mol. The van der Waals surface area contributed by atoms with E-state index >= 15 is 0 Å². The fourth-order valence-electron chi connectivity index (χ4n) is 2.66. The zero-order valence-electron chi connectivity index (χ0n) is 13.4. The largest absolute Gasteiger partial charge is 0.464 e. The topological polar surface area (TPSA) is 92.3 Å². The Morgan fingerprint density at radius 3 is 2.69 bits per heavy atom. The molecule has 2 aromatic heterocycles. The van der Waals surface area contributed by atoms with Gasteiger partial charge in [0.2, 0.25) is 0 Å². The Morgan fingerprint density at radius 1 is 1.19 bits per heavy atom. The minimum atomic E-state index is -0.760. The number of ether oxygens (including phenoxy) is 1. The zero-order chi connectivity index (χ0) is 18.3. The van der Waals surface area contributed by atoms with Gasteiger partial charge in [0.05, 0.1) is 42.1 Å². The van der Waals surface area contributed by atoms with Gasteiger partial charge >= 0.3 is 5.97 Å². The number of nitrogens with zero attached hydrogens (tertiary/aromatic N) is 3. The molecular formula is C17H11F2N5O2. The number of carbonyl (C=O) groups excluding carboxylic acids is 1. The molecule has 1 aliphatic heterocycles. The van der Waals surface area contributed by atoms with Gasteiger partial charge < -0.3 is 10.1 Å². The number of aliphatic imine (C=N–C) groups is 1. The van der Waals surface area contributed by atoms with Gasteiger partial charge in [-0.2, -0.15) is 5.10 Å². The highest BCUT2D eigenvalue weighted by atomic mass is 19.1. The minimum absolute atomic E-state index is 0.0328. The van der Waals surface area contributed by atoms with Crippen LogP contribution < -0.4 is 5.32 Å². The summed E-state index contributed by atoms with van der Waals surface area (Å²) >= 11 is 0. The van der Waals surface area contributed by atoms with Crippen LogP contribution in [0.2, 0.25) is 0 Å². The van der Waals surface area contributed by atoms with E-state index in [9.17, 15) is 13.6 Å². The van der Waals surface area contributed by atoms with Crippen LogP contribution in [0.15, 0.2) is 41.7 Å². The summed E-state index contributed by atoms with van der Waals surface area (Å²) in [6.07, 6.45) is 2.79. The summed E-state index contributed by atoms with van der Waals surface area (Å²) in [6.45, 7) is 0. The summed E-state index contributed by atoms with van der Waals surface area (Å²) in [4.78, 5) is 20.1. The number of H-pyrrole nitrogens is 1. The number of amidine groups is 1. The zero-order valence-corrected chi connectivity index (χ0v) is 13.4. The van der Waals surface area contributed by atoms with Crippen molar-refractivity contribution in [2.45, 2.75) is 0 Å². The van der Waals surface area contributed by atoms with Gasteiger partial charge in [-0.1, -0.05) is 6.07 Å². The van der Waals surface area contributed by atoms with Crippen molar-refractivity contribution in [3.63, 3.8) is 0 Å². The van der Waals surface area contributed by atoms with E-state index in [0.717, 1.165) is 12.1 Å². The van der Waals surface area contributed by atoms with Gasteiger partial charge in [-0.3, -0.25) is 5.10 Å². The molecule has 1 aromatic carbocycles. The van der Waals surface area contributed by atoms with Crippen molar-refractivity contribution < 1.29 is 18.3 Å². The van der Waals surface area contributed by atoms with Gasteiger partial charge in [0.25, 0.3) is 0 Å². The maximum Gasteiger partial charge on any atom is 0.356 e. The molecule has 3 aromatic rings. The third kappa shape index (κ3) is 2.50. The molecule has 26 heavy (non-hydrogen) atoms. The van der Waals surface area contributed by atoms with Crippen molar-refractivity contribution in [3.8, 4) is 11.3 Å². The van der Waals surface area contributed by atoms with Crippen molar-refractivity contribution in [1.82, 2.24) is 15.2 Å². The number of aromatic amines is 1. The maximum absolute atomic E-state index is 14.2. The summed E-state index contributed by atoms with van der Waals surface area (Å²) in [6, 6.07) is 5.03. The predicted molar refractivity (Wildman–Crippen MR) is 89.3 cm³/mol. The highest BCUT2D eigenvalue weighted by Crippen LogP contribution is 2.37. The number of hydrogen-bond donors (Lipinski definition) is 2. The first-order valence-electron chi connectivity index (χ1n) is 7.50. The SMILES string of the molecule is COC(=O)c1cc2c(cn1)N=C(c1c(F)cccc1F)Nc1cn[nH]c1-2. The number of rotatable bonds is 2. The Balaban J connectivity index is 1.95. The van der Waals surface area contributed by atoms with Gasteiger partial charge in [0.1, 0.15) is 23.2 Å². The van der Waals surface area contributed by atoms with Crippen LogP contribution >= 0.6 is 0 Å². The van der Waals surface area contributed by atoms with Gasteiger partial charge in [-0.05, 0) is 18.2 Å². The average Bonchev–Trinajstić information content (AvgIpc) is 3.03. The molecule has 0 unspecified atom stereocenters. The van der Waals surface area contributed by atoms with Crippen LogP contribution in [0.25, 0.3) is 11.3 Å². The van der Waals surface area contributed by atoms with Gasteiger partial charge in [-0.25, -0.2) is 23.6 Å². The lowest BCUT2D eigenvalue weighted by Crippen LogP contribution is -2.16. The quantitative estimate of drug-likeness (QED) is 0.690. The van der Waals surface area contributed by atoms with E-state index in [0.29, 0.717) is 22.6 Å². The van der Waals surface area contributed by atoms with Crippen LogP contribution in [-0.4, -0.2) is 34.1 Å². The second kappa shape index (κ2) is 6.03. The fraction of sp³-hybridized carbons (Fsp3) is 0.0588. The van der Waals surface area contributed by atoms with E-state index in [1.165, 1.54) is 31.6 Å². The number of hydrogen-bond acceptors (Lipinski definition) is 6. The summed E-state index contributed by atoms with van der Waals surface area (Å²) in [7, 11) is 1.25. The molecule has 0 radical (unpaired) electrons. The van der Waals surface area contributed by atoms with E-state index in [4.69, 9.17) is 0 Å². The second-order valence-electron chi connectivity index (χ2n) is 5.42. The number of halogens is 2. The standard InChI is InChI=1S/C17H11F2N5O2/c1-26-17(25)11-5-8-12(6-20-11)22-16(23-13-7-21-24-15(8)13)14-9(18)3-2-4-10(14)19/h2-7H,1H3,(H,21,24)(H,22,23). The molecule has 2 N–H and O–H groups in total. The lowest BCUT2D eigenvalue weighted by Gasteiger charge is -2.09. The fourth-order valence-corrected chi connectivity index (χ4v) is 2.66. The Bertz CT molecular complexity index is 1040. The van der Waals surface area contributed by atoms with Crippen LogP contribution in [0.4, 0.5) is 20.2 Å². The van der Waals surface area contributed by atoms with Gasteiger partial charge in [0, 0.05) is 5.56 Å². The number of aromatic nitrogens is 3. The summed E-state index contributed by atoms with van der Waals surface area (Å²) < 4.78 is 33.1. The Hall–Kier alpha value is -3.62. The number of pyridine rings is 1. The maximum atomic E-state index is 14.2. The molecule has 0 saturated carbocycles. The molecule has 0 saturated heterocycles. The average molecular weight is 355 g/mol. The van der Waals surface area contributed by atoms with Crippen molar-refractivity contribution in [3.05, 3.63) is 59.6 Å². The van der Waals surface area contributed by atoms with E-state index in [1.54, 1.807) is 0 Å². The third-order valence-corrected chi connectivity index (χ3v) is 3.87. The molecule has 4 rings (SSSR count). The monoisotopic (exact) mass is 355 g/mol. The molecule has 130 valence electrons. The molecule has 3 heterocycles. The first-order valence-corrected chi connectivity index (χ1v) is 7.50. The number of fused-ring (bicyclic) bond motifs is 3.